The van der Waals surface area contributed by atoms with Gasteiger partial charge in [0.1, 0.15) is 5.75 Å². The number of halogens is 1. The molecule has 0 aliphatic carbocycles. The summed E-state index contributed by atoms with van der Waals surface area (Å²) in [5, 5.41) is 0.403. The first kappa shape index (κ1) is 21.9. The van der Waals surface area contributed by atoms with E-state index >= 15 is 0 Å². The van der Waals surface area contributed by atoms with E-state index in [0.717, 1.165) is 21.0 Å². The number of ether oxygens (including phenoxy) is 1. The SMILES string of the molecule is Cc1ccc(N(C(=O)COc2c(C)cccc2C)S(=O)(=O)c2ccc(Cl)cc2)cc1. The van der Waals surface area contributed by atoms with Gasteiger partial charge in [0.25, 0.3) is 15.9 Å². The van der Waals surface area contributed by atoms with Gasteiger partial charge in [-0.15, -0.1) is 0 Å². The van der Waals surface area contributed by atoms with Crippen LogP contribution >= 0.6 is 11.6 Å². The highest BCUT2D eigenvalue weighted by molar-refractivity contribution is 7.93. The fourth-order valence-electron chi connectivity index (χ4n) is 3.03. The molecule has 0 bridgehead atoms. The van der Waals surface area contributed by atoms with E-state index in [2.05, 4.69) is 0 Å². The van der Waals surface area contributed by atoms with Crippen molar-refractivity contribution >= 4 is 33.2 Å². The lowest BCUT2D eigenvalue weighted by Crippen LogP contribution is -2.40. The number of nitrogens with zero attached hydrogens (tertiary/aromatic N) is 1. The predicted octanol–water partition coefficient (Wildman–Crippen LogP) is 5.07. The first-order chi connectivity index (χ1) is 14.2. The number of anilines is 1. The number of rotatable bonds is 6. The largest absolute Gasteiger partial charge is 0.483 e. The molecular weight excluding hydrogens is 422 g/mol. The molecule has 5 nitrogen and oxygen atoms in total. The van der Waals surface area contributed by atoms with E-state index in [1.807, 2.05) is 39.0 Å². The summed E-state index contributed by atoms with van der Waals surface area (Å²) in [6, 6.07) is 18.0. The molecule has 0 spiro atoms. The number of carbonyl (C=O) groups excluding carboxylic acids is 1. The average molecular weight is 444 g/mol. The molecule has 30 heavy (non-hydrogen) atoms. The van der Waals surface area contributed by atoms with E-state index in [1.54, 1.807) is 24.3 Å². The molecule has 1 amide bonds. The summed E-state index contributed by atoms with van der Waals surface area (Å²) in [5.41, 5.74) is 2.92. The number of benzene rings is 3. The smallest absolute Gasteiger partial charge is 0.278 e. The molecule has 3 aromatic carbocycles. The summed E-state index contributed by atoms with van der Waals surface area (Å²) >= 11 is 5.89. The van der Waals surface area contributed by atoms with E-state index in [-0.39, 0.29) is 10.6 Å². The lowest BCUT2D eigenvalue weighted by atomic mass is 10.1. The number of para-hydroxylation sites is 1. The molecule has 0 atom stereocenters. The van der Waals surface area contributed by atoms with Crippen LogP contribution in [0.1, 0.15) is 16.7 Å². The maximum Gasteiger partial charge on any atom is 0.278 e. The van der Waals surface area contributed by atoms with Crippen LogP contribution in [0.5, 0.6) is 5.75 Å². The molecule has 0 radical (unpaired) electrons. The third-order valence-electron chi connectivity index (χ3n) is 4.60. The number of hydrogen-bond donors (Lipinski definition) is 0. The van der Waals surface area contributed by atoms with E-state index in [1.165, 1.54) is 24.3 Å². The minimum Gasteiger partial charge on any atom is -0.483 e. The van der Waals surface area contributed by atoms with Crippen molar-refractivity contribution in [3.63, 3.8) is 0 Å². The number of carbonyl (C=O) groups is 1. The van der Waals surface area contributed by atoms with E-state index < -0.39 is 22.5 Å². The Kier molecular flexibility index (Phi) is 6.48. The summed E-state index contributed by atoms with van der Waals surface area (Å²) in [6.45, 7) is 5.20. The van der Waals surface area contributed by atoms with Crippen LogP contribution in [0.3, 0.4) is 0 Å². The number of hydrogen-bond acceptors (Lipinski definition) is 4. The molecule has 0 aliphatic heterocycles. The van der Waals surface area contributed by atoms with Crippen LogP contribution < -0.4 is 9.04 Å². The Morgan fingerprint density at radius 1 is 0.900 bits per heavy atom. The van der Waals surface area contributed by atoms with Crippen LogP contribution in [-0.2, 0) is 14.8 Å². The van der Waals surface area contributed by atoms with Gasteiger partial charge in [-0.05, 0) is 68.3 Å². The maximum atomic E-state index is 13.3. The summed E-state index contributed by atoms with van der Waals surface area (Å²) < 4.78 is 33.2. The molecule has 0 aliphatic rings. The maximum absolute atomic E-state index is 13.3. The van der Waals surface area contributed by atoms with Gasteiger partial charge in [0.15, 0.2) is 6.61 Å². The highest BCUT2D eigenvalue weighted by Crippen LogP contribution is 2.27. The summed E-state index contributed by atoms with van der Waals surface area (Å²) in [6.07, 6.45) is 0. The van der Waals surface area contributed by atoms with Crippen molar-refractivity contribution in [2.24, 2.45) is 0 Å². The quantitative estimate of drug-likeness (QED) is 0.533. The second-order valence-electron chi connectivity index (χ2n) is 6.96. The van der Waals surface area contributed by atoms with Crippen molar-refractivity contribution < 1.29 is 17.9 Å². The predicted molar refractivity (Wildman–Crippen MR) is 119 cm³/mol. The Hall–Kier alpha value is -2.83. The molecule has 0 aromatic heterocycles. The molecule has 0 unspecified atom stereocenters. The van der Waals surface area contributed by atoms with Gasteiger partial charge < -0.3 is 4.74 Å². The Labute approximate surface area is 181 Å². The summed E-state index contributed by atoms with van der Waals surface area (Å²) in [4.78, 5) is 13.1. The van der Waals surface area contributed by atoms with Crippen LogP contribution in [-0.4, -0.2) is 20.9 Å². The van der Waals surface area contributed by atoms with Crippen LogP contribution in [0.25, 0.3) is 0 Å². The minimum absolute atomic E-state index is 0.0344. The molecular formula is C23H22ClNO4S. The van der Waals surface area contributed by atoms with Gasteiger partial charge in [-0.1, -0.05) is 47.5 Å². The highest BCUT2D eigenvalue weighted by atomic mass is 35.5. The lowest BCUT2D eigenvalue weighted by molar-refractivity contribution is -0.119. The average Bonchev–Trinajstić information content (AvgIpc) is 2.69. The van der Waals surface area contributed by atoms with Crippen molar-refractivity contribution in [2.75, 3.05) is 10.9 Å². The van der Waals surface area contributed by atoms with Crippen molar-refractivity contribution in [2.45, 2.75) is 25.7 Å². The number of amides is 1. The molecule has 3 aromatic rings. The van der Waals surface area contributed by atoms with E-state index in [4.69, 9.17) is 16.3 Å². The van der Waals surface area contributed by atoms with Gasteiger partial charge >= 0.3 is 0 Å². The first-order valence-electron chi connectivity index (χ1n) is 9.29. The molecule has 0 heterocycles. The van der Waals surface area contributed by atoms with Crippen LogP contribution in [0.2, 0.25) is 5.02 Å². The zero-order valence-electron chi connectivity index (χ0n) is 16.9. The number of aryl methyl sites for hydroxylation is 3. The summed E-state index contributed by atoms with van der Waals surface area (Å²) in [5.74, 6) is -0.130. The Morgan fingerprint density at radius 2 is 1.47 bits per heavy atom. The standard InChI is InChI=1S/C23H22ClNO4S/c1-16-7-11-20(12-8-16)25(30(27,28)21-13-9-19(24)10-14-21)22(26)15-29-23-17(2)5-4-6-18(23)3/h4-14H,15H2,1-3H3. The molecule has 7 heteroatoms. The number of sulfonamides is 1. The molecule has 0 saturated carbocycles. The Balaban J connectivity index is 1.98. The van der Waals surface area contributed by atoms with Crippen molar-refractivity contribution in [1.82, 2.24) is 0 Å². The van der Waals surface area contributed by atoms with Gasteiger partial charge in [-0.3, -0.25) is 4.79 Å². The zero-order chi connectivity index (χ0) is 21.9. The van der Waals surface area contributed by atoms with Crippen molar-refractivity contribution in [1.29, 1.82) is 0 Å². The van der Waals surface area contributed by atoms with Gasteiger partial charge in [0.05, 0.1) is 10.6 Å². The van der Waals surface area contributed by atoms with Gasteiger partial charge in [0.2, 0.25) is 0 Å². The lowest BCUT2D eigenvalue weighted by Gasteiger charge is -2.23. The molecule has 0 saturated heterocycles. The molecule has 156 valence electrons. The van der Waals surface area contributed by atoms with E-state index in [0.29, 0.717) is 10.8 Å². The zero-order valence-corrected chi connectivity index (χ0v) is 18.5. The highest BCUT2D eigenvalue weighted by Gasteiger charge is 2.31. The fraction of sp³-hybridized carbons (Fsp3) is 0.174. The first-order valence-corrected chi connectivity index (χ1v) is 11.1. The second kappa shape index (κ2) is 8.90. The summed E-state index contributed by atoms with van der Waals surface area (Å²) in [7, 11) is -4.16. The monoisotopic (exact) mass is 443 g/mol. The molecule has 0 N–H and O–H groups in total. The van der Waals surface area contributed by atoms with Gasteiger partial charge in [0, 0.05) is 5.02 Å². The third kappa shape index (κ3) is 4.66. The second-order valence-corrected chi connectivity index (χ2v) is 9.19. The molecule has 0 fully saturated rings. The van der Waals surface area contributed by atoms with Crippen molar-refractivity contribution in [3.8, 4) is 5.75 Å². The van der Waals surface area contributed by atoms with Gasteiger partial charge in [-0.2, -0.15) is 4.31 Å². The van der Waals surface area contributed by atoms with E-state index in [9.17, 15) is 13.2 Å². The topological polar surface area (TPSA) is 63.7 Å². The third-order valence-corrected chi connectivity index (χ3v) is 6.61. The normalized spacial score (nSPS) is 11.2. The van der Waals surface area contributed by atoms with Crippen molar-refractivity contribution in [3.05, 3.63) is 88.4 Å². The van der Waals surface area contributed by atoms with Crippen LogP contribution in [0.4, 0.5) is 5.69 Å². The van der Waals surface area contributed by atoms with Crippen LogP contribution in [0.15, 0.2) is 71.6 Å². The van der Waals surface area contributed by atoms with Gasteiger partial charge in [-0.25, -0.2) is 8.42 Å². The Morgan fingerprint density at radius 3 is 2.03 bits per heavy atom. The Bertz CT molecular complexity index is 1140. The van der Waals surface area contributed by atoms with Crippen LogP contribution in [0, 0.1) is 20.8 Å². The fourth-order valence-corrected chi connectivity index (χ4v) is 4.57. The minimum atomic E-state index is -4.16. The molecule has 3 rings (SSSR count).